The van der Waals surface area contributed by atoms with E-state index in [1.165, 1.54) is 36.5 Å². The fourth-order valence-electron chi connectivity index (χ4n) is 1.60. The van der Waals surface area contributed by atoms with Gasteiger partial charge in [0.05, 0.1) is 17.1 Å². The molecule has 1 aromatic carbocycles. The minimum atomic E-state index is -0.535. The van der Waals surface area contributed by atoms with Crippen molar-refractivity contribution in [3.8, 4) is 5.75 Å². The van der Waals surface area contributed by atoms with E-state index in [0.29, 0.717) is 5.02 Å². The Kier molecular flexibility index (Phi) is 5.19. The topological polar surface area (TPSA) is 91.3 Å². The molecule has 2 aromatic rings. The molecule has 0 saturated heterocycles. The summed E-state index contributed by atoms with van der Waals surface area (Å²) >= 11 is 11.6. The SMILES string of the molecule is O=C(CNC(=O)c1ccc(Cl)cc1Cl)Nc1ncccc1O. The Morgan fingerprint density at radius 3 is 2.68 bits per heavy atom. The standard InChI is InChI=1S/C14H11Cl2N3O3/c15-8-3-4-9(10(16)6-8)14(22)18-7-12(21)19-13-11(20)2-1-5-17-13/h1-6,20H,7H2,(H,18,22)(H,17,19,21). The van der Waals surface area contributed by atoms with Crippen molar-refractivity contribution in [2.24, 2.45) is 0 Å². The zero-order chi connectivity index (χ0) is 16.1. The van der Waals surface area contributed by atoms with E-state index in [1.54, 1.807) is 0 Å². The molecule has 1 heterocycles. The van der Waals surface area contributed by atoms with Gasteiger partial charge in [0.1, 0.15) is 0 Å². The summed E-state index contributed by atoms with van der Waals surface area (Å²) in [5.74, 6) is -1.19. The maximum atomic E-state index is 11.9. The van der Waals surface area contributed by atoms with E-state index in [0.717, 1.165) is 0 Å². The average molecular weight is 340 g/mol. The quantitative estimate of drug-likeness (QED) is 0.797. The highest BCUT2D eigenvalue weighted by atomic mass is 35.5. The van der Waals surface area contributed by atoms with Crippen molar-refractivity contribution in [3.05, 3.63) is 52.1 Å². The highest BCUT2D eigenvalue weighted by molar-refractivity contribution is 6.36. The number of halogens is 2. The summed E-state index contributed by atoms with van der Waals surface area (Å²) in [7, 11) is 0. The van der Waals surface area contributed by atoms with E-state index in [-0.39, 0.29) is 28.7 Å². The van der Waals surface area contributed by atoms with Gasteiger partial charge in [-0.25, -0.2) is 4.98 Å². The van der Waals surface area contributed by atoms with Crippen LogP contribution in [0.5, 0.6) is 5.75 Å². The molecule has 22 heavy (non-hydrogen) atoms. The summed E-state index contributed by atoms with van der Waals surface area (Å²) in [6.07, 6.45) is 1.42. The summed E-state index contributed by atoms with van der Waals surface area (Å²) < 4.78 is 0. The molecule has 0 atom stereocenters. The number of benzene rings is 1. The van der Waals surface area contributed by atoms with Crippen molar-refractivity contribution < 1.29 is 14.7 Å². The van der Waals surface area contributed by atoms with Crippen molar-refractivity contribution in [2.45, 2.75) is 0 Å². The molecular weight excluding hydrogens is 329 g/mol. The molecule has 3 N–H and O–H groups in total. The van der Waals surface area contributed by atoms with Gasteiger partial charge in [0.2, 0.25) is 5.91 Å². The molecule has 2 rings (SSSR count). The maximum Gasteiger partial charge on any atom is 0.253 e. The second-order valence-corrected chi connectivity index (χ2v) is 5.07. The largest absolute Gasteiger partial charge is 0.504 e. The molecule has 0 aliphatic rings. The van der Waals surface area contributed by atoms with Crippen LogP contribution in [0.2, 0.25) is 10.0 Å². The summed E-state index contributed by atoms with van der Waals surface area (Å²) in [4.78, 5) is 27.4. The molecule has 0 saturated carbocycles. The van der Waals surface area contributed by atoms with Crippen molar-refractivity contribution in [2.75, 3.05) is 11.9 Å². The Labute approximate surface area is 136 Å². The number of hydrogen-bond donors (Lipinski definition) is 3. The van der Waals surface area contributed by atoms with Crippen molar-refractivity contribution in [1.82, 2.24) is 10.3 Å². The monoisotopic (exact) mass is 339 g/mol. The predicted octanol–water partition coefficient (Wildman–Crippen LogP) is 2.46. The van der Waals surface area contributed by atoms with Crippen molar-refractivity contribution >= 4 is 40.8 Å². The number of aromatic hydroxyl groups is 1. The van der Waals surface area contributed by atoms with Crippen LogP contribution in [0.25, 0.3) is 0 Å². The Bertz CT molecular complexity index is 722. The number of carbonyl (C=O) groups is 2. The second kappa shape index (κ2) is 7.11. The number of anilines is 1. The van der Waals surface area contributed by atoms with Gasteiger partial charge in [-0.3, -0.25) is 9.59 Å². The summed E-state index contributed by atoms with van der Waals surface area (Å²) in [6.45, 7) is -0.298. The smallest absolute Gasteiger partial charge is 0.253 e. The highest BCUT2D eigenvalue weighted by Crippen LogP contribution is 2.21. The molecule has 0 aliphatic carbocycles. The van der Waals surface area contributed by atoms with Crippen LogP contribution in [-0.2, 0) is 4.79 Å². The van der Waals surface area contributed by atoms with Crippen LogP contribution in [0.4, 0.5) is 5.82 Å². The van der Waals surface area contributed by atoms with Crippen LogP contribution in [-0.4, -0.2) is 28.4 Å². The number of carbonyl (C=O) groups excluding carboxylic acids is 2. The maximum absolute atomic E-state index is 11.9. The van der Waals surface area contributed by atoms with Crippen LogP contribution in [0.1, 0.15) is 10.4 Å². The lowest BCUT2D eigenvalue weighted by Crippen LogP contribution is -2.33. The minimum absolute atomic E-state index is 0.0197. The van der Waals surface area contributed by atoms with E-state index in [1.807, 2.05) is 0 Å². The first-order chi connectivity index (χ1) is 10.5. The van der Waals surface area contributed by atoms with Gasteiger partial charge in [0.25, 0.3) is 5.91 Å². The third-order valence-corrected chi connectivity index (χ3v) is 3.18. The normalized spacial score (nSPS) is 10.1. The number of pyridine rings is 1. The number of nitrogens with one attached hydrogen (secondary N) is 2. The van der Waals surface area contributed by atoms with Gasteiger partial charge in [-0.15, -0.1) is 0 Å². The van der Waals surface area contributed by atoms with E-state index in [9.17, 15) is 14.7 Å². The molecule has 2 amide bonds. The lowest BCUT2D eigenvalue weighted by Gasteiger charge is -2.08. The molecular formula is C14H11Cl2N3O3. The van der Waals surface area contributed by atoms with E-state index >= 15 is 0 Å². The van der Waals surface area contributed by atoms with Crippen LogP contribution in [0, 0.1) is 0 Å². The molecule has 114 valence electrons. The molecule has 0 fully saturated rings. The number of amides is 2. The Morgan fingerprint density at radius 1 is 1.23 bits per heavy atom. The van der Waals surface area contributed by atoms with Gasteiger partial charge in [-0.05, 0) is 30.3 Å². The first kappa shape index (κ1) is 16.1. The number of nitrogens with zero attached hydrogens (tertiary/aromatic N) is 1. The van der Waals surface area contributed by atoms with Crippen molar-refractivity contribution in [1.29, 1.82) is 0 Å². The molecule has 0 unspecified atom stereocenters. The van der Waals surface area contributed by atoms with Crippen LogP contribution in [0.3, 0.4) is 0 Å². The molecule has 6 nitrogen and oxygen atoms in total. The van der Waals surface area contributed by atoms with Gasteiger partial charge in [0.15, 0.2) is 11.6 Å². The van der Waals surface area contributed by atoms with Gasteiger partial charge >= 0.3 is 0 Å². The summed E-state index contributed by atoms with van der Waals surface area (Å²) in [6, 6.07) is 7.32. The van der Waals surface area contributed by atoms with Gasteiger partial charge < -0.3 is 15.7 Å². The number of rotatable bonds is 4. The summed E-state index contributed by atoms with van der Waals surface area (Å²) in [5, 5.41) is 14.9. The lowest BCUT2D eigenvalue weighted by molar-refractivity contribution is -0.115. The van der Waals surface area contributed by atoms with Crippen LogP contribution >= 0.6 is 23.2 Å². The van der Waals surface area contributed by atoms with E-state index in [4.69, 9.17) is 23.2 Å². The van der Waals surface area contributed by atoms with E-state index < -0.39 is 11.8 Å². The van der Waals surface area contributed by atoms with Gasteiger partial charge in [0, 0.05) is 11.2 Å². The second-order valence-electron chi connectivity index (χ2n) is 4.23. The van der Waals surface area contributed by atoms with Crippen LogP contribution < -0.4 is 10.6 Å². The van der Waals surface area contributed by atoms with Gasteiger partial charge in [-0.2, -0.15) is 0 Å². The van der Waals surface area contributed by atoms with E-state index in [2.05, 4.69) is 15.6 Å². The fraction of sp³-hybridized carbons (Fsp3) is 0.0714. The number of aromatic nitrogens is 1. The number of hydrogen-bond acceptors (Lipinski definition) is 4. The van der Waals surface area contributed by atoms with Crippen molar-refractivity contribution in [3.63, 3.8) is 0 Å². The molecule has 0 aliphatic heterocycles. The lowest BCUT2D eigenvalue weighted by atomic mass is 10.2. The zero-order valence-corrected chi connectivity index (χ0v) is 12.6. The average Bonchev–Trinajstić information content (AvgIpc) is 2.47. The minimum Gasteiger partial charge on any atom is -0.504 e. The Morgan fingerprint density at radius 2 is 2.00 bits per heavy atom. The third-order valence-electron chi connectivity index (χ3n) is 2.63. The molecule has 0 bridgehead atoms. The highest BCUT2D eigenvalue weighted by Gasteiger charge is 2.13. The molecule has 1 aromatic heterocycles. The molecule has 8 heteroatoms. The Balaban J connectivity index is 1.93. The Hall–Kier alpha value is -2.31. The molecule has 0 spiro atoms. The van der Waals surface area contributed by atoms with Gasteiger partial charge in [-0.1, -0.05) is 23.2 Å². The zero-order valence-electron chi connectivity index (χ0n) is 11.1. The van der Waals surface area contributed by atoms with Crippen LogP contribution in [0.15, 0.2) is 36.5 Å². The first-order valence-electron chi connectivity index (χ1n) is 6.14. The third kappa shape index (κ3) is 4.09. The predicted molar refractivity (Wildman–Crippen MR) is 83.3 cm³/mol. The molecule has 0 radical (unpaired) electrons. The summed E-state index contributed by atoms with van der Waals surface area (Å²) in [5.41, 5.74) is 0.208. The fourth-order valence-corrected chi connectivity index (χ4v) is 2.09. The first-order valence-corrected chi connectivity index (χ1v) is 6.90.